The van der Waals surface area contributed by atoms with Crippen molar-refractivity contribution < 1.29 is 9.53 Å². The molecule has 1 atom stereocenters. The third-order valence-corrected chi connectivity index (χ3v) is 6.13. The first kappa shape index (κ1) is 16.8. The van der Waals surface area contributed by atoms with E-state index in [0.29, 0.717) is 18.2 Å². The molecule has 4 rings (SSSR count). The summed E-state index contributed by atoms with van der Waals surface area (Å²) in [6.07, 6.45) is 0.764. The number of morpholine rings is 1. The van der Waals surface area contributed by atoms with E-state index in [9.17, 15) is 4.79 Å². The van der Waals surface area contributed by atoms with Crippen LogP contribution >= 0.6 is 23.4 Å². The summed E-state index contributed by atoms with van der Waals surface area (Å²) in [5.41, 5.74) is 2.91. The minimum absolute atomic E-state index is 0.0259. The number of hydrogen-bond donors (Lipinski definition) is 1. The van der Waals surface area contributed by atoms with Gasteiger partial charge < -0.3 is 15.0 Å². The Morgan fingerprint density at radius 3 is 2.76 bits per heavy atom. The number of benzene rings is 2. The first-order valence-electron chi connectivity index (χ1n) is 8.39. The number of thioether (sulfide) groups is 1. The molecule has 0 spiro atoms. The number of carbonyl (C=O) groups excluding carboxylic acids is 1. The summed E-state index contributed by atoms with van der Waals surface area (Å²) < 4.78 is 5.42. The van der Waals surface area contributed by atoms with Crippen LogP contribution in [0.1, 0.15) is 5.56 Å². The van der Waals surface area contributed by atoms with Crippen molar-refractivity contribution in [3.05, 3.63) is 53.1 Å². The number of rotatable bonds is 3. The van der Waals surface area contributed by atoms with Gasteiger partial charge in [0.05, 0.1) is 34.9 Å². The number of para-hydroxylation sites is 1. The van der Waals surface area contributed by atoms with Gasteiger partial charge in [-0.15, -0.1) is 11.8 Å². The maximum Gasteiger partial charge on any atom is 0.238 e. The Bertz CT molecular complexity index is 768. The summed E-state index contributed by atoms with van der Waals surface area (Å²) in [7, 11) is 0. The van der Waals surface area contributed by atoms with Crippen molar-refractivity contribution in [3.63, 3.8) is 0 Å². The monoisotopic (exact) mass is 374 g/mol. The van der Waals surface area contributed by atoms with Crippen LogP contribution in [0.3, 0.4) is 0 Å². The number of nitrogens with one attached hydrogen (secondary N) is 1. The molecular formula is C19H19ClN2O2S. The minimum Gasteiger partial charge on any atom is -0.378 e. The lowest BCUT2D eigenvalue weighted by Crippen LogP contribution is -2.37. The van der Waals surface area contributed by atoms with Crippen molar-refractivity contribution >= 4 is 40.6 Å². The molecule has 2 aromatic rings. The highest BCUT2D eigenvalue weighted by Gasteiger charge is 2.29. The second-order valence-corrected chi connectivity index (χ2v) is 7.79. The number of halogens is 1. The van der Waals surface area contributed by atoms with Gasteiger partial charge in [-0.25, -0.2) is 0 Å². The molecule has 4 nitrogen and oxygen atoms in total. The van der Waals surface area contributed by atoms with E-state index in [1.54, 1.807) is 11.8 Å². The Kier molecular flexibility index (Phi) is 4.88. The molecule has 0 aromatic heterocycles. The summed E-state index contributed by atoms with van der Waals surface area (Å²) >= 11 is 8.07. The molecule has 0 saturated carbocycles. The zero-order valence-electron chi connectivity index (χ0n) is 13.7. The third kappa shape index (κ3) is 3.50. The molecule has 6 heteroatoms. The number of ether oxygens (including phenoxy) is 1. The van der Waals surface area contributed by atoms with Crippen LogP contribution < -0.4 is 10.2 Å². The van der Waals surface area contributed by atoms with Crippen LogP contribution in [-0.2, 0) is 16.0 Å². The molecule has 1 saturated heterocycles. The molecule has 130 valence electrons. The molecule has 1 N–H and O–H groups in total. The molecular weight excluding hydrogens is 356 g/mol. The summed E-state index contributed by atoms with van der Waals surface area (Å²) in [4.78, 5) is 16.2. The van der Waals surface area contributed by atoms with Crippen molar-refractivity contribution in [1.82, 2.24) is 0 Å². The van der Waals surface area contributed by atoms with E-state index in [-0.39, 0.29) is 11.2 Å². The van der Waals surface area contributed by atoms with Gasteiger partial charge in [-0.3, -0.25) is 4.79 Å². The summed E-state index contributed by atoms with van der Waals surface area (Å²) in [5.74, 6) is 0.0259. The van der Waals surface area contributed by atoms with E-state index in [2.05, 4.69) is 22.3 Å². The number of hydrogen-bond acceptors (Lipinski definition) is 4. The van der Waals surface area contributed by atoms with Crippen LogP contribution in [0, 0.1) is 0 Å². The summed E-state index contributed by atoms with van der Waals surface area (Å²) in [6.45, 7) is 2.89. The summed E-state index contributed by atoms with van der Waals surface area (Å²) in [6, 6.07) is 13.9. The lowest BCUT2D eigenvalue weighted by Gasteiger charge is -2.31. The first-order chi connectivity index (χ1) is 12.2. The Labute approximate surface area is 156 Å². The van der Waals surface area contributed by atoms with Gasteiger partial charge in [0, 0.05) is 18.0 Å². The van der Waals surface area contributed by atoms with Crippen molar-refractivity contribution in [2.45, 2.75) is 16.6 Å². The molecule has 0 aliphatic carbocycles. The van der Waals surface area contributed by atoms with Gasteiger partial charge in [-0.1, -0.05) is 35.9 Å². The van der Waals surface area contributed by atoms with E-state index in [1.165, 1.54) is 10.5 Å². The second kappa shape index (κ2) is 7.28. The van der Waals surface area contributed by atoms with Crippen molar-refractivity contribution in [1.29, 1.82) is 0 Å². The molecule has 2 heterocycles. The highest BCUT2D eigenvalue weighted by Crippen LogP contribution is 2.39. The average Bonchev–Trinajstić information content (AvgIpc) is 3.07. The van der Waals surface area contributed by atoms with Gasteiger partial charge in [0.25, 0.3) is 0 Å². The Balaban J connectivity index is 1.53. The van der Waals surface area contributed by atoms with Gasteiger partial charge in [0.1, 0.15) is 0 Å². The van der Waals surface area contributed by atoms with Crippen molar-refractivity contribution in [2.75, 3.05) is 36.5 Å². The van der Waals surface area contributed by atoms with Crippen LogP contribution in [0.5, 0.6) is 0 Å². The molecule has 2 aromatic carbocycles. The van der Waals surface area contributed by atoms with Gasteiger partial charge in [-0.2, -0.15) is 0 Å². The number of amides is 1. The summed E-state index contributed by atoms with van der Waals surface area (Å²) in [5, 5.41) is 3.65. The van der Waals surface area contributed by atoms with Gasteiger partial charge in [0.15, 0.2) is 0 Å². The SMILES string of the molecule is O=C(Nc1cccc(Cl)c1N1CCOCC1)C1Cc2ccccc2S1. The lowest BCUT2D eigenvalue weighted by atomic mass is 10.1. The molecule has 1 fully saturated rings. The zero-order chi connectivity index (χ0) is 17.2. The van der Waals surface area contributed by atoms with Gasteiger partial charge in [0.2, 0.25) is 5.91 Å². The molecule has 1 amide bonds. The smallest absolute Gasteiger partial charge is 0.238 e. The Hall–Kier alpha value is -1.69. The van der Waals surface area contributed by atoms with E-state index in [4.69, 9.17) is 16.3 Å². The van der Waals surface area contributed by atoms with E-state index in [1.807, 2.05) is 30.3 Å². The van der Waals surface area contributed by atoms with Crippen LogP contribution in [-0.4, -0.2) is 37.5 Å². The standard InChI is InChI=1S/C19H19ClN2O2S/c20-14-5-3-6-15(18(14)22-8-10-24-11-9-22)21-19(23)17-12-13-4-1-2-7-16(13)25-17/h1-7,17H,8-12H2,(H,21,23). The Morgan fingerprint density at radius 2 is 1.96 bits per heavy atom. The normalized spacial score (nSPS) is 19.6. The van der Waals surface area contributed by atoms with Crippen molar-refractivity contribution in [2.24, 2.45) is 0 Å². The fourth-order valence-corrected chi connectivity index (χ4v) is 4.76. The first-order valence-corrected chi connectivity index (χ1v) is 9.65. The fraction of sp³-hybridized carbons (Fsp3) is 0.316. The van der Waals surface area contributed by atoms with Crippen LogP contribution in [0.2, 0.25) is 5.02 Å². The van der Waals surface area contributed by atoms with E-state index >= 15 is 0 Å². The second-order valence-electron chi connectivity index (χ2n) is 6.14. The van der Waals surface area contributed by atoms with E-state index < -0.39 is 0 Å². The quantitative estimate of drug-likeness (QED) is 0.886. The maximum absolute atomic E-state index is 12.8. The average molecular weight is 375 g/mol. The molecule has 0 bridgehead atoms. The molecule has 25 heavy (non-hydrogen) atoms. The molecule has 2 aliphatic heterocycles. The maximum atomic E-state index is 12.8. The van der Waals surface area contributed by atoms with Crippen LogP contribution in [0.25, 0.3) is 0 Å². The molecule has 0 radical (unpaired) electrons. The number of anilines is 2. The minimum atomic E-state index is -0.103. The molecule has 1 unspecified atom stereocenters. The number of nitrogens with zero attached hydrogens (tertiary/aromatic N) is 1. The number of fused-ring (bicyclic) bond motifs is 1. The fourth-order valence-electron chi connectivity index (χ4n) is 3.27. The zero-order valence-corrected chi connectivity index (χ0v) is 15.3. The van der Waals surface area contributed by atoms with Gasteiger partial charge >= 0.3 is 0 Å². The Morgan fingerprint density at radius 1 is 1.16 bits per heavy atom. The third-order valence-electron chi connectivity index (χ3n) is 4.51. The van der Waals surface area contributed by atoms with Gasteiger partial charge in [-0.05, 0) is 30.2 Å². The van der Waals surface area contributed by atoms with E-state index in [0.717, 1.165) is 30.9 Å². The lowest BCUT2D eigenvalue weighted by molar-refractivity contribution is -0.115. The number of carbonyl (C=O) groups is 1. The topological polar surface area (TPSA) is 41.6 Å². The largest absolute Gasteiger partial charge is 0.378 e. The van der Waals surface area contributed by atoms with Crippen LogP contribution in [0.15, 0.2) is 47.4 Å². The van der Waals surface area contributed by atoms with Crippen LogP contribution in [0.4, 0.5) is 11.4 Å². The predicted molar refractivity (Wildman–Crippen MR) is 103 cm³/mol. The highest BCUT2D eigenvalue weighted by molar-refractivity contribution is 8.01. The highest BCUT2D eigenvalue weighted by atomic mass is 35.5. The predicted octanol–water partition coefficient (Wildman–Crippen LogP) is 3.83. The molecule has 2 aliphatic rings. The van der Waals surface area contributed by atoms with Crippen molar-refractivity contribution in [3.8, 4) is 0 Å².